The molecule has 5 heteroatoms. The van der Waals surface area contributed by atoms with Gasteiger partial charge in [0, 0.05) is 17.7 Å². The van der Waals surface area contributed by atoms with Gasteiger partial charge in [-0.25, -0.2) is 4.79 Å². The summed E-state index contributed by atoms with van der Waals surface area (Å²) in [6, 6.07) is 14.6. The predicted molar refractivity (Wildman–Crippen MR) is 79.9 cm³/mol. The van der Waals surface area contributed by atoms with Crippen LogP contribution in [0.5, 0.6) is 0 Å². The minimum absolute atomic E-state index is 0.226. The van der Waals surface area contributed by atoms with Crippen molar-refractivity contribution in [2.24, 2.45) is 0 Å². The molecule has 0 radical (unpaired) electrons. The van der Waals surface area contributed by atoms with Crippen molar-refractivity contribution < 1.29 is 14.7 Å². The van der Waals surface area contributed by atoms with E-state index in [1.165, 1.54) is 6.07 Å². The first-order chi connectivity index (χ1) is 10.1. The molecule has 1 atom stereocenters. The van der Waals surface area contributed by atoms with Crippen LogP contribution >= 0.6 is 0 Å². The van der Waals surface area contributed by atoms with E-state index < -0.39 is 17.9 Å². The lowest BCUT2D eigenvalue weighted by molar-refractivity contribution is -0.139. The fourth-order valence-electron chi connectivity index (χ4n) is 1.97. The van der Waals surface area contributed by atoms with Crippen LogP contribution in [0, 0.1) is 0 Å². The predicted octanol–water partition coefficient (Wildman–Crippen LogP) is 1.69. The van der Waals surface area contributed by atoms with Crippen molar-refractivity contribution in [1.29, 1.82) is 0 Å². The lowest BCUT2D eigenvalue weighted by Gasteiger charge is -2.15. The molecule has 21 heavy (non-hydrogen) atoms. The molecule has 0 aliphatic heterocycles. The van der Waals surface area contributed by atoms with E-state index in [9.17, 15) is 14.7 Å². The van der Waals surface area contributed by atoms with E-state index in [0.717, 1.165) is 5.56 Å². The Balaban J connectivity index is 2.10. The second-order valence-corrected chi connectivity index (χ2v) is 4.68. The Morgan fingerprint density at radius 1 is 1.10 bits per heavy atom. The number of benzene rings is 2. The number of hydrogen-bond donors (Lipinski definition) is 3. The van der Waals surface area contributed by atoms with Crippen LogP contribution in [-0.4, -0.2) is 23.0 Å². The van der Waals surface area contributed by atoms with E-state index in [-0.39, 0.29) is 6.42 Å². The summed E-state index contributed by atoms with van der Waals surface area (Å²) in [6.07, 6.45) is 0.226. The van der Waals surface area contributed by atoms with Crippen molar-refractivity contribution in [2.45, 2.75) is 12.5 Å². The number of anilines is 1. The average molecular weight is 284 g/mol. The molecular formula is C16H16N2O3. The fourth-order valence-corrected chi connectivity index (χ4v) is 1.97. The van der Waals surface area contributed by atoms with E-state index in [1.54, 1.807) is 18.2 Å². The number of carbonyl (C=O) groups is 2. The summed E-state index contributed by atoms with van der Waals surface area (Å²) in [6.45, 7) is 0. The Bertz CT molecular complexity index is 641. The smallest absolute Gasteiger partial charge is 0.326 e. The minimum atomic E-state index is -1.07. The first-order valence-corrected chi connectivity index (χ1v) is 6.49. The van der Waals surface area contributed by atoms with E-state index in [1.807, 2.05) is 30.3 Å². The first kappa shape index (κ1) is 14.6. The number of carboxylic acids is 1. The van der Waals surface area contributed by atoms with Crippen LogP contribution in [0.15, 0.2) is 54.6 Å². The average Bonchev–Trinajstić information content (AvgIpc) is 2.47. The molecule has 2 rings (SSSR count). The summed E-state index contributed by atoms with van der Waals surface area (Å²) in [4.78, 5) is 23.4. The normalized spacial score (nSPS) is 11.6. The van der Waals surface area contributed by atoms with Gasteiger partial charge in [-0.2, -0.15) is 0 Å². The maximum Gasteiger partial charge on any atom is 0.326 e. The quantitative estimate of drug-likeness (QED) is 0.728. The molecule has 4 N–H and O–H groups in total. The summed E-state index contributed by atoms with van der Waals surface area (Å²) < 4.78 is 0. The van der Waals surface area contributed by atoms with Crippen molar-refractivity contribution in [3.63, 3.8) is 0 Å². The summed E-state index contributed by atoms with van der Waals surface area (Å²) in [5, 5.41) is 11.8. The third-order valence-corrected chi connectivity index (χ3v) is 3.03. The number of rotatable bonds is 5. The number of amides is 1. The molecule has 0 aliphatic carbocycles. The molecule has 1 amide bonds. The Kier molecular flexibility index (Phi) is 4.56. The van der Waals surface area contributed by atoms with Gasteiger partial charge in [0.25, 0.3) is 5.91 Å². The number of carboxylic acid groups (broad SMARTS) is 1. The highest BCUT2D eigenvalue weighted by atomic mass is 16.4. The highest BCUT2D eigenvalue weighted by Gasteiger charge is 2.21. The lowest BCUT2D eigenvalue weighted by atomic mass is 10.1. The Morgan fingerprint density at radius 3 is 2.43 bits per heavy atom. The van der Waals surface area contributed by atoms with Crippen molar-refractivity contribution >= 4 is 17.6 Å². The number of aliphatic carboxylic acids is 1. The third-order valence-electron chi connectivity index (χ3n) is 3.03. The molecule has 0 saturated carbocycles. The molecule has 0 heterocycles. The van der Waals surface area contributed by atoms with E-state index in [2.05, 4.69) is 5.32 Å². The highest BCUT2D eigenvalue weighted by molar-refractivity contribution is 5.97. The van der Waals surface area contributed by atoms with Gasteiger partial charge in [0.2, 0.25) is 0 Å². The second-order valence-electron chi connectivity index (χ2n) is 4.68. The van der Waals surface area contributed by atoms with Crippen molar-refractivity contribution in [1.82, 2.24) is 5.32 Å². The zero-order valence-corrected chi connectivity index (χ0v) is 11.3. The molecule has 2 aromatic rings. The van der Waals surface area contributed by atoms with Crippen molar-refractivity contribution in [3.05, 3.63) is 65.7 Å². The Hall–Kier alpha value is -2.82. The molecule has 0 aliphatic rings. The zero-order chi connectivity index (χ0) is 15.2. The highest BCUT2D eigenvalue weighted by Crippen LogP contribution is 2.08. The molecule has 2 aromatic carbocycles. The van der Waals surface area contributed by atoms with Crippen LogP contribution in [-0.2, 0) is 11.2 Å². The van der Waals surface area contributed by atoms with E-state index in [4.69, 9.17) is 5.73 Å². The molecule has 5 nitrogen and oxygen atoms in total. The van der Waals surface area contributed by atoms with Gasteiger partial charge in [-0.15, -0.1) is 0 Å². The Labute approximate surface area is 122 Å². The molecule has 108 valence electrons. The van der Waals surface area contributed by atoms with Gasteiger partial charge in [0.05, 0.1) is 0 Å². The molecular weight excluding hydrogens is 268 g/mol. The SMILES string of the molecule is Nc1cccc(C(=O)N[C@H](Cc2ccccc2)C(=O)O)c1. The van der Waals surface area contributed by atoms with Gasteiger partial charge in [-0.3, -0.25) is 4.79 Å². The summed E-state index contributed by atoms with van der Waals surface area (Å²) in [7, 11) is 0. The number of hydrogen-bond acceptors (Lipinski definition) is 3. The number of nitrogen functional groups attached to an aromatic ring is 1. The van der Waals surface area contributed by atoms with Crippen LogP contribution in [0.4, 0.5) is 5.69 Å². The van der Waals surface area contributed by atoms with Crippen LogP contribution in [0.25, 0.3) is 0 Å². The van der Waals surface area contributed by atoms with Gasteiger partial charge in [-0.1, -0.05) is 36.4 Å². The Morgan fingerprint density at radius 2 is 1.81 bits per heavy atom. The van der Waals surface area contributed by atoms with Crippen LogP contribution in [0.3, 0.4) is 0 Å². The number of nitrogens with one attached hydrogen (secondary N) is 1. The first-order valence-electron chi connectivity index (χ1n) is 6.49. The monoisotopic (exact) mass is 284 g/mol. The maximum absolute atomic E-state index is 12.1. The molecule has 0 unspecified atom stereocenters. The van der Waals surface area contributed by atoms with Gasteiger partial charge < -0.3 is 16.2 Å². The fraction of sp³-hybridized carbons (Fsp3) is 0.125. The maximum atomic E-state index is 12.1. The molecule has 0 aromatic heterocycles. The van der Waals surface area contributed by atoms with Crippen LogP contribution in [0.2, 0.25) is 0 Å². The number of carbonyl (C=O) groups excluding carboxylic acids is 1. The van der Waals surface area contributed by atoms with Gasteiger partial charge in [0.15, 0.2) is 0 Å². The van der Waals surface area contributed by atoms with Gasteiger partial charge >= 0.3 is 5.97 Å². The van der Waals surface area contributed by atoms with Gasteiger partial charge in [-0.05, 0) is 23.8 Å². The molecule has 0 saturated heterocycles. The topological polar surface area (TPSA) is 92.4 Å². The molecule has 0 fully saturated rings. The van der Waals surface area contributed by atoms with Crippen LogP contribution in [0.1, 0.15) is 15.9 Å². The third kappa shape index (κ3) is 4.07. The van der Waals surface area contributed by atoms with E-state index >= 15 is 0 Å². The van der Waals surface area contributed by atoms with Crippen molar-refractivity contribution in [2.75, 3.05) is 5.73 Å². The standard InChI is InChI=1S/C16H16N2O3/c17-13-8-4-7-12(10-13)15(19)18-14(16(20)21)9-11-5-2-1-3-6-11/h1-8,10,14H,9,17H2,(H,18,19)(H,20,21)/t14-/m1/s1. The summed E-state index contributed by atoms with van der Waals surface area (Å²) >= 11 is 0. The lowest BCUT2D eigenvalue weighted by Crippen LogP contribution is -2.42. The summed E-state index contributed by atoms with van der Waals surface area (Å²) in [5.41, 5.74) is 7.26. The largest absolute Gasteiger partial charge is 0.480 e. The van der Waals surface area contributed by atoms with E-state index in [0.29, 0.717) is 11.3 Å². The molecule has 0 spiro atoms. The zero-order valence-electron chi connectivity index (χ0n) is 11.3. The second kappa shape index (κ2) is 6.56. The molecule has 0 bridgehead atoms. The summed E-state index contributed by atoms with van der Waals surface area (Å²) in [5.74, 6) is -1.53. The number of nitrogens with two attached hydrogens (primary N) is 1. The van der Waals surface area contributed by atoms with Crippen LogP contribution < -0.4 is 11.1 Å². The van der Waals surface area contributed by atoms with Crippen molar-refractivity contribution in [3.8, 4) is 0 Å². The van der Waals surface area contributed by atoms with Gasteiger partial charge in [0.1, 0.15) is 6.04 Å². The minimum Gasteiger partial charge on any atom is -0.480 e.